The Morgan fingerprint density at radius 3 is 2.94 bits per heavy atom. The molecular weight excluding hydrogens is 212 g/mol. The van der Waals surface area contributed by atoms with E-state index in [-0.39, 0.29) is 6.10 Å². The highest BCUT2D eigenvalue weighted by Crippen LogP contribution is 2.16. The minimum Gasteiger partial charge on any atom is -0.393 e. The Bertz CT molecular complexity index is 477. The highest BCUT2D eigenvalue weighted by atomic mass is 16.3. The molecule has 0 radical (unpaired) electrons. The Hall–Kier alpha value is -1.45. The van der Waals surface area contributed by atoms with Crippen LogP contribution in [0.2, 0.25) is 0 Å². The first-order valence-corrected chi connectivity index (χ1v) is 5.98. The summed E-state index contributed by atoms with van der Waals surface area (Å²) in [5, 5.41) is 14.9. The van der Waals surface area contributed by atoms with Crippen LogP contribution < -0.4 is 5.32 Å². The molecule has 0 fully saturated rings. The lowest BCUT2D eigenvalue weighted by Gasteiger charge is -2.08. The third-order valence-electron chi connectivity index (χ3n) is 2.81. The molecule has 1 atom stereocenters. The average molecular weight is 230 g/mol. The Balaban J connectivity index is 2.03. The van der Waals surface area contributed by atoms with Gasteiger partial charge in [0, 0.05) is 24.3 Å². The number of nitrogens with one attached hydrogen (secondary N) is 1. The molecule has 0 bridgehead atoms. The second-order valence-corrected chi connectivity index (χ2v) is 4.33. The molecule has 0 amide bonds. The number of hydrogen-bond acceptors (Lipinski definition) is 3. The smallest absolute Gasteiger partial charge is 0.0524 e. The van der Waals surface area contributed by atoms with Crippen LogP contribution in [0.15, 0.2) is 36.7 Å². The van der Waals surface area contributed by atoms with Crippen molar-refractivity contribution in [3.63, 3.8) is 0 Å². The fraction of sp³-hybridized carbons (Fsp3) is 0.357. The standard InChI is InChI=1S/C14H18N2O/c1-11(17)6-7-15-9-13-10-16-8-12-4-2-3-5-14(12)13/h2-5,8,10-11,15,17H,6-7,9H2,1H3. The topological polar surface area (TPSA) is 45.1 Å². The number of benzene rings is 1. The van der Waals surface area contributed by atoms with Crippen molar-refractivity contribution in [2.75, 3.05) is 6.54 Å². The zero-order valence-electron chi connectivity index (χ0n) is 10.1. The number of rotatable bonds is 5. The Labute approximate surface area is 102 Å². The van der Waals surface area contributed by atoms with Gasteiger partial charge in [0.15, 0.2) is 0 Å². The number of pyridine rings is 1. The maximum atomic E-state index is 9.17. The minimum atomic E-state index is -0.242. The van der Waals surface area contributed by atoms with Gasteiger partial charge in [0.2, 0.25) is 0 Å². The molecule has 3 heteroatoms. The zero-order valence-corrected chi connectivity index (χ0v) is 10.1. The van der Waals surface area contributed by atoms with Crippen LogP contribution in [0.4, 0.5) is 0 Å². The number of hydrogen-bond donors (Lipinski definition) is 2. The van der Waals surface area contributed by atoms with Crippen LogP contribution >= 0.6 is 0 Å². The van der Waals surface area contributed by atoms with Crippen molar-refractivity contribution in [2.24, 2.45) is 0 Å². The van der Waals surface area contributed by atoms with Gasteiger partial charge in [-0.05, 0) is 30.8 Å². The molecule has 90 valence electrons. The molecule has 0 aliphatic rings. The van der Waals surface area contributed by atoms with E-state index in [1.165, 1.54) is 16.3 Å². The molecule has 0 aliphatic carbocycles. The van der Waals surface area contributed by atoms with Gasteiger partial charge in [0.05, 0.1) is 6.10 Å². The van der Waals surface area contributed by atoms with E-state index >= 15 is 0 Å². The summed E-state index contributed by atoms with van der Waals surface area (Å²) in [7, 11) is 0. The maximum Gasteiger partial charge on any atom is 0.0524 e. The van der Waals surface area contributed by atoms with Crippen LogP contribution in [-0.2, 0) is 6.54 Å². The molecule has 1 aromatic carbocycles. The van der Waals surface area contributed by atoms with Crippen LogP contribution in [-0.4, -0.2) is 22.7 Å². The van der Waals surface area contributed by atoms with Gasteiger partial charge in [-0.25, -0.2) is 0 Å². The van der Waals surface area contributed by atoms with E-state index in [4.69, 9.17) is 5.11 Å². The van der Waals surface area contributed by atoms with Crippen molar-refractivity contribution >= 4 is 10.8 Å². The fourth-order valence-electron chi connectivity index (χ4n) is 1.85. The van der Waals surface area contributed by atoms with Gasteiger partial charge < -0.3 is 10.4 Å². The number of nitrogens with zero attached hydrogens (tertiary/aromatic N) is 1. The summed E-state index contributed by atoms with van der Waals surface area (Å²) in [5.41, 5.74) is 1.20. The first-order valence-electron chi connectivity index (χ1n) is 5.98. The summed E-state index contributed by atoms with van der Waals surface area (Å²) in [4.78, 5) is 4.24. The van der Waals surface area contributed by atoms with Crippen molar-refractivity contribution in [1.29, 1.82) is 0 Å². The highest BCUT2D eigenvalue weighted by molar-refractivity contribution is 5.84. The van der Waals surface area contributed by atoms with E-state index in [0.717, 1.165) is 19.5 Å². The van der Waals surface area contributed by atoms with Gasteiger partial charge in [-0.2, -0.15) is 0 Å². The van der Waals surface area contributed by atoms with Gasteiger partial charge in [0.25, 0.3) is 0 Å². The minimum absolute atomic E-state index is 0.242. The van der Waals surface area contributed by atoms with Crippen LogP contribution in [0.25, 0.3) is 10.8 Å². The van der Waals surface area contributed by atoms with Crippen molar-refractivity contribution in [3.05, 3.63) is 42.2 Å². The molecule has 0 spiro atoms. The average Bonchev–Trinajstić information content (AvgIpc) is 2.34. The third-order valence-corrected chi connectivity index (χ3v) is 2.81. The molecule has 2 aromatic rings. The SMILES string of the molecule is CC(O)CCNCc1cncc2ccccc12. The van der Waals surface area contributed by atoms with E-state index in [1.807, 2.05) is 24.5 Å². The summed E-state index contributed by atoms with van der Waals surface area (Å²) in [6.45, 7) is 3.42. The third kappa shape index (κ3) is 3.25. The molecule has 2 N–H and O–H groups in total. The zero-order chi connectivity index (χ0) is 12.1. The lowest BCUT2D eigenvalue weighted by Crippen LogP contribution is -2.18. The number of aromatic nitrogens is 1. The molecule has 0 saturated heterocycles. The number of aliphatic hydroxyl groups is 1. The molecule has 2 rings (SSSR count). The van der Waals surface area contributed by atoms with Gasteiger partial charge in [-0.15, -0.1) is 0 Å². The largest absolute Gasteiger partial charge is 0.393 e. The molecule has 0 aliphatic heterocycles. The van der Waals surface area contributed by atoms with Crippen molar-refractivity contribution < 1.29 is 5.11 Å². The molecule has 0 saturated carbocycles. The molecule has 17 heavy (non-hydrogen) atoms. The summed E-state index contributed by atoms with van der Waals surface area (Å²) in [6.07, 6.45) is 4.32. The number of fused-ring (bicyclic) bond motifs is 1. The first kappa shape index (κ1) is 12.0. The molecule has 1 heterocycles. The summed E-state index contributed by atoms with van der Waals surface area (Å²) >= 11 is 0. The molecular formula is C14H18N2O. The first-order chi connectivity index (χ1) is 8.27. The second-order valence-electron chi connectivity index (χ2n) is 4.33. The normalized spacial score (nSPS) is 12.8. The molecule has 1 aromatic heterocycles. The van der Waals surface area contributed by atoms with Crippen LogP contribution in [0.1, 0.15) is 18.9 Å². The maximum absolute atomic E-state index is 9.17. The van der Waals surface area contributed by atoms with Crippen LogP contribution in [0.3, 0.4) is 0 Å². The lowest BCUT2D eigenvalue weighted by atomic mass is 10.1. The fourth-order valence-corrected chi connectivity index (χ4v) is 1.85. The highest BCUT2D eigenvalue weighted by Gasteiger charge is 2.01. The molecule has 1 unspecified atom stereocenters. The number of aliphatic hydroxyl groups excluding tert-OH is 1. The van der Waals surface area contributed by atoms with Crippen molar-refractivity contribution in [1.82, 2.24) is 10.3 Å². The second kappa shape index (κ2) is 5.75. The predicted octanol–water partition coefficient (Wildman–Crippen LogP) is 2.10. The van der Waals surface area contributed by atoms with E-state index in [9.17, 15) is 0 Å². The van der Waals surface area contributed by atoms with Gasteiger partial charge >= 0.3 is 0 Å². The Morgan fingerprint density at radius 1 is 1.29 bits per heavy atom. The van der Waals surface area contributed by atoms with E-state index in [0.29, 0.717) is 0 Å². The lowest BCUT2D eigenvalue weighted by molar-refractivity contribution is 0.183. The summed E-state index contributed by atoms with van der Waals surface area (Å²) in [5.74, 6) is 0. The summed E-state index contributed by atoms with van der Waals surface area (Å²) in [6, 6.07) is 8.25. The van der Waals surface area contributed by atoms with Crippen molar-refractivity contribution in [2.45, 2.75) is 26.0 Å². The van der Waals surface area contributed by atoms with E-state index in [1.54, 1.807) is 6.92 Å². The van der Waals surface area contributed by atoms with Crippen LogP contribution in [0, 0.1) is 0 Å². The Kier molecular flexibility index (Phi) is 4.07. The van der Waals surface area contributed by atoms with Gasteiger partial charge in [-0.3, -0.25) is 4.98 Å². The monoisotopic (exact) mass is 230 g/mol. The quantitative estimate of drug-likeness (QED) is 0.773. The van der Waals surface area contributed by atoms with E-state index in [2.05, 4.69) is 22.4 Å². The predicted molar refractivity (Wildman–Crippen MR) is 69.7 cm³/mol. The van der Waals surface area contributed by atoms with Crippen LogP contribution in [0.5, 0.6) is 0 Å². The molecule has 3 nitrogen and oxygen atoms in total. The van der Waals surface area contributed by atoms with Crippen molar-refractivity contribution in [3.8, 4) is 0 Å². The Morgan fingerprint density at radius 2 is 2.12 bits per heavy atom. The van der Waals surface area contributed by atoms with Gasteiger partial charge in [0.1, 0.15) is 0 Å². The summed E-state index contributed by atoms with van der Waals surface area (Å²) < 4.78 is 0. The van der Waals surface area contributed by atoms with Gasteiger partial charge in [-0.1, -0.05) is 24.3 Å². The van der Waals surface area contributed by atoms with E-state index < -0.39 is 0 Å².